The standard InChI is InChI=1S/C19H26N4O/c1-15-12-20-23(13-15)17-10-7-11-22(14-17)19(24)18(21(2)3)16-8-5-4-6-9-16/h4-6,8-9,12-13,17-18H,7,10-11,14H2,1-3H3/t17-,18-/m0/s1. The third-order valence-corrected chi connectivity index (χ3v) is 4.68. The van der Waals surface area contributed by atoms with Gasteiger partial charge in [-0.15, -0.1) is 0 Å². The monoisotopic (exact) mass is 326 g/mol. The van der Waals surface area contributed by atoms with Crippen LogP contribution in [0.15, 0.2) is 42.7 Å². The van der Waals surface area contributed by atoms with Crippen LogP contribution in [-0.4, -0.2) is 52.7 Å². The summed E-state index contributed by atoms with van der Waals surface area (Å²) in [6, 6.07) is 10.1. The number of hydrogen-bond acceptors (Lipinski definition) is 3. The van der Waals surface area contributed by atoms with Crippen LogP contribution in [0.4, 0.5) is 0 Å². The largest absolute Gasteiger partial charge is 0.339 e. The van der Waals surface area contributed by atoms with Crippen molar-refractivity contribution in [3.8, 4) is 0 Å². The molecule has 1 aromatic heterocycles. The second kappa shape index (κ2) is 7.18. The Morgan fingerprint density at radius 3 is 2.67 bits per heavy atom. The van der Waals surface area contributed by atoms with E-state index < -0.39 is 0 Å². The molecule has 5 nitrogen and oxygen atoms in total. The van der Waals surface area contributed by atoms with E-state index >= 15 is 0 Å². The van der Waals surface area contributed by atoms with E-state index in [0.29, 0.717) is 0 Å². The predicted octanol–water partition coefficient (Wildman–Crippen LogP) is 2.66. The number of aryl methyl sites for hydroxylation is 1. The van der Waals surface area contributed by atoms with Crippen molar-refractivity contribution in [2.45, 2.75) is 31.8 Å². The Bertz CT molecular complexity index is 680. The normalized spacial score (nSPS) is 19.5. The highest BCUT2D eigenvalue weighted by Crippen LogP contribution is 2.26. The molecule has 1 aliphatic rings. The molecule has 3 rings (SSSR count). The van der Waals surface area contributed by atoms with E-state index in [1.54, 1.807) is 0 Å². The number of carbonyl (C=O) groups is 1. The fourth-order valence-electron chi connectivity index (χ4n) is 3.47. The highest BCUT2D eigenvalue weighted by Gasteiger charge is 2.31. The Balaban J connectivity index is 1.77. The minimum absolute atomic E-state index is 0.180. The number of benzene rings is 1. The minimum atomic E-state index is -0.232. The second-order valence-electron chi connectivity index (χ2n) is 6.85. The zero-order valence-corrected chi connectivity index (χ0v) is 14.7. The summed E-state index contributed by atoms with van der Waals surface area (Å²) in [5.41, 5.74) is 2.21. The van der Waals surface area contributed by atoms with Crippen LogP contribution in [-0.2, 0) is 4.79 Å². The lowest BCUT2D eigenvalue weighted by Gasteiger charge is -2.36. The number of nitrogens with zero attached hydrogens (tertiary/aromatic N) is 4. The predicted molar refractivity (Wildman–Crippen MR) is 94.7 cm³/mol. The third kappa shape index (κ3) is 3.51. The molecule has 1 saturated heterocycles. The summed E-state index contributed by atoms with van der Waals surface area (Å²) in [7, 11) is 3.93. The average molecular weight is 326 g/mol. The van der Waals surface area contributed by atoms with Crippen LogP contribution in [0.3, 0.4) is 0 Å². The quantitative estimate of drug-likeness (QED) is 0.867. The van der Waals surface area contributed by atoms with Gasteiger partial charge in [0.25, 0.3) is 0 Å². The van der Waals surface area contributed by atoms with E-state index in [9.17, 15) is 4.79 Å². The molecule has 0 spiro atoms. The molecule has 0 unspecified atom stereocenters. The molecule has 2 heterocycles. The molecule has 2 aromatic rings. The van der Waals surface area contributed by atoms with Gasteiger partial charge in [-0.05, 0) is 45.0 Å². The summed E-state index contributed by atoms with van der Waals surface area (Å²) in [4.78, 5) is 17.2. The van der Waals surface area contributed by atoms with Crippen molar-refractivity contribution in [1.82, 2.24) is 19.6 Å². The first-order valence-electron chi connectivity index (χ1n) is 8.57. The van der Waals surface area contributed by atoms with E-state index in [-0.39, 0.29) is 18.0 Å². The van der Waals surface area contributed by atoms with Crippen molar-refractivity contribution in [2.75, 3.05) is 27.2 Å². The first kappa shape index (κ1) is 16.7. The zero-order chi connectivity index (χ0) is 17.1. The van der Waals surface area contributed by atoms with Gasteiger partial charge in [0.2, 0.25) is 5.91 Å². The number of piperidine rings is 1. The van der Waals surface area contributed by atoms with Crippen molar-refractivity contribution in [1.29, 1.82) is 0 Å². The lowest BCUT2D eigenvalue weighted by Crippen LogP contribution is -2.46. The smallest absolute Gasteiger partial charge is 0.244 e. The highest BCUT2D eigenvalue weighted by atomic mass is 16.2. The van der Waals surface area contributed by atoms with Gasteiger partial charge in [0.05, 0.1) is 12.2 Å². The molecule has 1 fully saturated rings. The van der Waals surface area contributed by atoms with Gasteiger partial charge >= 0.3 is 0 Å². The third-order valence-electron chi connectivity index (χ3n) is 4.68. The Morgan fingerprint density at radius 2 is 2.04 bits per heavy atom. The fourth-order valence-corrected chi connectivity index (χ4v) is 3.47. The van der Waals surface area contributed by atoms with Gasteiger partial charge in [-0.1, -0.05) is 30.3 Å². The van der Waals surface area contributed by atoms with E-state index in [1.807, 2.05) is 72.0 Å². The Morgan fingerprint density at radius 1 is 1.29 bits per heavy atom. The van der Waals surface area contributed by atoms with Gasteiger partial charge in [-0.2, -0.15) is 5.10 Å². The van der Waals surface area contributed by atoms with Crippen molar-refractivity contribution in [3.63, 3.8) is 0 Å². The van der Waals surface area contributed by atoms with E-state index in [1.165, 1.54) is 0 Å². The van der Waals surface area contributed by atoms with Crippen LogP contribution >= 0.6 is 0 Å². The van der Waals surface area contributed by atoms with Gasteiger partial charge in [0, 0.05) is 19.3 Å². The maximum Gasteiger partial charge on any atom is 0.244 e. The highest BCUT2D eigenvalue weighted by molar-refractivity contribution is 5.83. The van der Waals surface area contributed by atoms with E-state index in [4.69, 9.17) is 0 Å². The molecule has 2 atom stereocenters. The zero-order valence-electron chi connectivity index (χ0n) is 14.7. The molecule has 0 N–H and O–H groups in total. The number of rotatable bonds is 4. The molecule has 5 heteroatoms. The molecule has 0 aliphatic carbocycles. The topological polar surface area (TPSA) is 41.4 Å². The van der Waals surface area contributed by atoms with Crippen LogP contribution in [0.25, 0.3) is 0 Å². The summed E-state index contributed by atoms with van der Waals surface area (Å²) in [5, 5.41) is 4.44. The summed E-state index contributed by atoms with van der Waals surface area (Å²) in [5.74, 6) is 0.180. The Kier molecular flexibility index (Phi) is 5.00. The van der Waals surface area contributed by atoms with Crippen molar-refractivity contribution in [3.05, 3.63) is 53.9 Å². The van der Waals surface area contributed by atoms with Crippen LogP contribution in [0.5, 0.6) is 0 Å². The first-order chi connectivity index (χ1) is 11.6. The van der Waals surface area contributed by atoms with Gasteiger partial charge in [0.15, 0.2) is 0 Å². The molecule has 1 amide bonds. The van der Waals surface area contributed by atoms with Crippen molar-refractivity contribution >= 4 is 5.91 Å². The first-order valence-corrected chi connectivity index (χ1v) is 8.57. The summed E-state index contributed by atoms with van der Waals surface area (Å²) in [6.07, 6.45) is 6.04. The van der Waals surface area contributed by atoms with Crippen LogP contribution in [0.2, 0.25) is 0 Å². The SMILES string of the molecule is Cc1cnn([C@H]2CCCN(C(=O)[C@H](c3ccccc3)N(C)C)C2)c1. The Hall–Kier alpha value is -2.14. The molecular formula is C19H26N4O. The van der Waals surface area contributed by atoms with Gasteiger partial charge in [-0.3, -0.25) is 14.4 Å². The number of carbonyl (C=O) groups excluding carboxylic acids is 1. The number of amides is 1. The van der Waals surface area contributed by atoms with Gasteiger partial charge in [-0.25, -0.2) is 0 Å². The molecule has 0 saturated carbocycles. The molecule has 0 bridgehead atoms. The number of likely N-dealkylation sites (tertiary alicyclic amines) is 1. The maximum atomic E-state index is 13.2. The summed E-state index contributed by atoms with van der Waals surface area (Å²) >= 11 is 0. The molecule has 0 radical (unpaired) electrons. The fraction of sp³-hybridized carbons (Fsp3) is 0.474. The van der Waals surface area contributed by atoms with Crippen LogP contribution in [0, 0.1) is 6.92 Å². The lowest BCUT2D eigenvalue weighted by atomic mass is 10.0. The van der Waals surface area contributed by atoms with E-state index in [0.717, 1.165) is 37.1 Å². The van der Waals surface area contributed by atoms with Gasteiger partial charge < -0.3 is 4.90 Å². The molecule has 24 heavy (non-hydrogen) atoms. The molecule has 1 aliphatic heterocycles. The number of hydrogen-bond donors (Lipinski definition) is 0. The number of likely N-dealkylation sites (N-methyl/N-ethyl adjacent to an activating group) is 1. The molecule has 1 aromatic carbocycles. The number of aromatic nitrogens is 2. The summed E-state index contributed by atoms with van der Waals surface area (Å²) < 4.78 is 2.02. The summed E-state index contributed by atoms with van der Waals surface area (Å²) in [6.45, 7) is 3.61. The average Bonchev–Trinajstić information content (AvgIpc) is 3.02. The van der Waals surface area contributed by atoms with Crippen molar-refractivity contribution in [2.24, 2.45) is 0 Å². The van der Waals surface area contributed by atoms with Gasteiger partial charge in [0.1, 0.15) is 6.04 Å². The Labute approximate surface area is 143 Å². The molecular weight excluding hydrogens is 300 g/mol. The van der Waals surface area contributed by atoms with Crippen LogP contribution < -0.4 is 0 Å². The van der Waals surface area contributed by atoms with E-state index in [2.05, 4.69) is 11.3 Å². The molecule has 128 valence electrons. The second-order valence-corrected chi connectivity index (χ2v) is 6.85. The minimum Gasteiger partial charge on any atom is -0.339 e. The lowest BCUT2D eigenvalue weighted by molar-refractivity contribution is -0.138. The van der Waals surface area contributed by atoms with Crippen LogP contribution in [0.1, 0.15) is 36.1 Å². The van der Waals surface area contributed by atoms with Crippen molar-refractivity contribution < 1.29 is 4.79 Å². The maximum absolute atomic E-state index is 13.2.